The van der Waals surface area contributed by atoms with Gasteiger partial charge in [0.15, 0.2) is 5.82 Å². The lowest BCUT2D eigenvalue weighted by atomic mass is 10.1. The third-order valence-electron chi connectivity index (χ3n) is 6.28. The number of nitrogens with one attached hydrogen (secondary N) is 1. The molecular weight excluding hydrogens is 402 g/mol. The van der Waals surface area contributed by atoms with Gasteiger partial charge in [0.1, 0.15) is 23.7 Å². The first kappa shape index (κ1) is 19.7. The van der Waals surface area contributed by atoms with E-state index in [0.29, 0.717) is 32.7 Å². The molecule has 3 aliphatic rings. The number of benzene rings is 1. The maximum Gasteiger partial charge on any atom is 0.247 e. The molecule has 1 N–H and O–H groups in total. The Hall–Kier alpha value is -3.25. The van der Waals surface area contributed by atoms with Crippen molar-refractivity contribution >= 4 is 23.1 Å². The van der Waals surface area contributed by atoms with Gasteiger partial charge in [0, 0.05) is 51.5 Å². The van der Waals surface area contributed by atoms with Gasteiger partial charge in [-0.25, -0.2) is 13.8 Å². The van der Waals surface area contributed by atoms with Gasteiger partial charge < -0.3 is 15.1 Å². The molecule has 3 aliphatic heterocycles. The lowest BCUT2D eigenvalue weighted by Gasteiger charge is -2.36. The van der Waals surface area contributed by atoms with Crippen molar-refractivity contribution in [1.82, 2.24) is 9.88 Å². The van der Waals surface area contributed by atoms with Crippen molar-refractivity contribution in [3.63, 3.8) is 0 Å². The van der Waals surface area contributed by atoms with E-state index in [9.17, 15) is 13.6 Å². The number of hydrogen-bond acceptors (Lipinski definition) is 6. The Morgan fingerprint density at radius 2 is 1.94 bits per heavy atom. The average molecular weight is 424 g/mol. The van der Waals surface area contributed by atoms with Gasteiger partial charge in [0.05, 0.1) is 16.9 Å². The molecule has 2 fully saturated rings. The first-order chi connectivity index (χ1) is 15.0. The fraction of sp³-hybridized carbons (Fsp3) is 0.409. The molecule has 0 aliphatic carbocycles. The van der Waals surface area contributed by atoms with Crippen molar-refractivity contribution in [3.8, 4) is 6.07 Å². The van der Waals surface area contributed by atoms with E-state index in [1.165, 1.54) is 0 Å². The van der Waals surface area contributed by atoms with Crippen LogP contribution in [0.3, 0.4) is 0 Å². The highest BCUT2D eigenvalue weighted by atomic mass is 19.1. The summed E-state index contributed by atoms with van der Waals surface area (Å²) in [7, 11) is 0. The van der Waals surface area contributed by atoms with Crippen LogP contribution in [0.2, 0.25) is 0 Å². The van der Waals surface area contributed by atoms with E-state index < -0.39 is 11.6 Å². The molecule has 0 radical (unpaired) electrons. The van der Waals surface area contributed by atoms with Crippen LogP contribution in [-0.2, 0) is 11.3 Å². The summed E-state index contributed by atoms with van der Waals surface area (Å²) in [6.07, 6.45) is 3.71. The van der Waals surface area contributed by atoms with E-state index in [0.717, 1.165) is 48.6 Å². The molecule has 31 heavy (non-hydrogen) atoms. The zero-order valence-electron chi connectivity index (χ0n) is 16.9. The summed E-state index contributed by atoms with van der Waals surface area (Å²) in [4.78, 5) is 23.1. The lowest BCUT2D eigenvalue weighted by Crippen LogP contribution is -2.46. The maximum atomic E-state index is 14.3. The van der Waals surface area contributed by atoms with Crippen LogP contribution in [-0.4, -0.2) is 54.6 Å². The van der Waals surface area contributed by atoms with Gasteiger partial charge in [-0.05, 0) is 30.5 Å². The van der Waals surface area contributed by atoms with Gasteiger partial charge in [-0.2, -0.15) is 5.26 Å². The standard InChI is InChI=1S/C22H22F2N6O/c23-16-10-20(17(24)9-15(16)11-25)29-6-4-28(5-7-29)13-14-8-18-21(26-12-14)30-3-1-2-19(30)22(31)27-18/h8-10,12,19H,1-7,13H2,(H,27,31). The lowest BCUT2D eigenvalue weighted by molar-refractivity contribution is -0.117. The van der Waals surface area contributed by atoms with Crippen LogP contribution in [0.5, 0.6) is 0 Å². The number of hydrogen-bond donors (Lipinski definition) is 1. The Morgan fingerprint density at radius 3 is 2.71 bits per heavy atom. The summed E-state index contributed by atoms with van der Waals surface area (Å²) in [5.41, 5.74) is 1.66. The molecule has 1 aromatic carbocycles. The molecule has 0 bridgehead atoms. The molecule has 7 nitrogen and oxygen atoms in total. The zero-order chi connectivity index (χ0) is 21.5. The first-order valence-corrected chi connectivity index (χ1v) is 10.5. The molecular formula is C22H22F2N6O. The van der Waals surface area contributed by atoms with Crippen LogP contribution in [0.25, 0.3) is 0 Å². The fourth-order valence-electron chi connectivity index (χ4n) is 4.69. The molecule has 5 rings (SSSR count). The minimum absolute atomic E-state index is 0.0363. The summed E-state index contributed by atoms with van der Waals surface area (Å²) in [5.74, 6) is -0.409. The number of amides is 1. The van der Waals surface area contributed by atoms with Crippen LogP contribution in [0, 0.1) is 23.0 Å². The molecule has 160 valence electrons. The van der Waals surface area contributed by atoms with Crippen LogP contribution in [0.4, 0.5) is 26.0 Å². The number of fused-ring (bicyclic) bond motifs is 3. The van der Waals surface area contributed by atoms with E-state index in [1.807, 2.05) is 12.3 Å². The second kappa shape index (κ2) is 7.78. The molecule has 9 heteroatoms. The molecule has 1 atom stereocenters. The number of piperazine rings is 1. The Balaban J connectivity index is 1.25. The average Bonchev–Trinajstić information content (AvgIpc) is 3.26. The number of halogens is 2. The fourth-order valence-corrected chi connectivity index (χ4v) is 4.69. The maximum absolute atomic E-state index is 14.3. The minimum atomic E-state index is -0.705. The van der Waals surface area contributed by atoms with Crippen LogP contribution >= 0.6 is 0 Å². The van der Waals surface area contributed by atoms with Crippen molar-refractivity contribution in [2.45, 2.75) is 25.4 Å². The highest BCUT2D eigenvalue weighted by Gasteiger charge is 2.37. The molecule has 1 unspecified atom stereocenters. The van der Waals surface area contributed by atoms with E-state index in [1.54, 1.807) is 11.0 Å². The van der Waals surface area contributed by atoms with Crippen molar-refractivity contribution in [2.75, 3.05) is 47.8 Å². The zero-order valence-corrected chi connectivity index (χ0v) is 16.9. The number of nitrogens with zero attached hydrogens (tertiary/aromatic N) is 5. The largest absolute Gasteiger partial charge is 0.367 e. The predicted molar refractivity (Wildman–Crippen MR) is 112 cm³/mol. The van der Waals surface area contributed by atoms with Crippen molar-refractivity contribution < 1.29 is 13.6 Å². The SMILES string of the molecule is N#Cc1cc(F)c(N2CCN(Cc3cnc4c(c3)NC(=O)C3CCCN43)CC2)cc1F. The van der Waals surface area contributed by atoms with Crippen LogP contribution in [0.1, 0.15) is 24.0 Å². The third kappa shape index (κ3) is 3.57. The number of carbonyl (C=O) groups is 1. The normalized spacial score (nSPS) is 20.8. The number of pyridine rings is 1. The van der Waals surface area contributed by atoms with E-state index in [2.05, 4.69) is 20.1 Å². The Morgan fingerprint density at radius 1 is 1.13 bits per heavy atom. The predicted octanol–water partition coefficient (Wildman–Crippen LogP) is 2.47. The summed E-state index contributed by atoms with van der Waals surface area (Å²) in [6.45, 7) is 3.97. The summed E-state index contributed by atoms with van der Waals surface area (Å²) < 4.78 is 28.2. The number of carbonyl (C=O) groups excluding carboxylic acids is 1. The number of rotatable bonds is 3. The molecule has 0 saturated carbocycles. The smallest absolute Gasteiger partial charge is 0.247 e. The molecule has 4 heterocycles. The third-order valence-corrected chi connectivity index (χ3v) is 6.28. The van der Waals surface area contributed by atoms with Gasteiger partial charge in [0.2, 0.25) is 5.91 Å². The highest BCUT2D eigenvalue weighted by molar-refractivity contribution is 6.03. The number of nitriles is 1. The van der Waals surface area contributed by atoms with Crippen LogP contribution in [0.15, 0.2) is 24.4 Å². The van der Waals surface area contributed by atoms with Gasteiger partial charge in [-0.1, -0.05) is 0 Å². The van der Waals surface area contributed by atoms with Gasteiger partial charge >= 0.3 is 0 Å². The molecule has 2 aromatic rings. The molecule has 1 aromatic heterocycles. The number of anilines is 3. The second-order valence-corrected chi connectivity index (χ2v) is 8.21. The van der Waals surface area contributed by atoms with Gasteiger partial charge in [0.25, 0.3) is 0 Å². The first-order valence-electron chi connectivity index (χ1n) is 10.5. The highest BCUT2D eigenvalue weighted by Crippen LogP contribution is 2.35. The van der Waals surface area contributed by atoms with Gasteiger partial charge in [-0.3, -0.25) is 9.69 Å². The Kier molecular flexibility index (Phi) is 4.94. The molecule has 2 saturated heterocycles. The van der Waals surface area contributed by atoms with E-state index in [4.69, 9.17) is 5.26 Å². The summed E-state index contributed by atoms with van der Waals surface area (Å²) in [6, 6.07) is 5.59. The van der Waals surface area contributed by atoms with Crippen molar-refractivity contribution in [1.29, 1.82) is 5.26 Å². The summed E-state index contributed by atoms with van der Waals surface area (Å²) >= 11 is 0. The Bertz CT molecular complexity index is 1080. The van der Waals surface area contributed by atoms with E-state index in [-0.39, 0.29) is 23.2 Å². The van der Waals surface area contributed by atoms with Crippen molar-refractivity contribution in [3.05, 3.63) is 47.2 Å². The summed E-state index contributed by atoms with van der Waals surface area (Å²) in [5, 5.41) is 11.8. The minimum Gasteiger partial charge on any atom is -0.367 e. The topological polar surface area (TPSA) is 75.5 Å². The van der Waals surface area contributed by atoms with Gasteiger partial charge in [-0.15, -0.1) is 0 Å². The van der Waals surface area contributed by atoms with Crippen LogP contribution < -0.4 is 15.1 Å². The Labute approximate surface area is 178 Å². The monoisotopic (exact) mass is 424 g/mol. The van der Waals surface area contributed by atoms with E-state index >= 15 is 0 Å². The second-order valence-electron chi connectivity index (χ2n) is 8.21. The molecule has 1 amide bonds. The molecule has 0 spiro atoms. The van der Waals surface area contributed by atoms with Crippen molar-refractivity contribution in [2.24, 2.45) is 0 Å². The number of aromatic nitrogens is 1. The quantitative estimate of drug-likeness (QED) is 0.816.